The molecule has 1 unspecified atom stereocenters. The summed E-state index contributed by atoms with van der Waals surface area (Å²) in [5, 5.41) is 3.20. The van der Waals surface area contributed by atoms with Gasteiger partial charge in [-0.25, -0.2) is 0 Å². The Balaban J connectivity index is 0.00000225. The number of hydrogen-bond acceptors (Lipinski definition) is 3. The Labute approximate surface area is 106 Å². The molecule has 0 aliphatic carbocycles. The van der Waals surface area contributed by atoms with E-state index in [0.717, 1.165) is 0 Å². The molecule has 6 heteroatoms. The van der Waals surface area contributed by atoms with Crippen LogP contribution in [-0.2, 0) is 9.53 Å². The fourth-order valence-corrected chi connectivity index (χ4v) is 1.25. The number of rotatable bonds is 4. The van der Waals surface area contributed by atoms with E-state index in [1.165, 1.54) is 7.11 Å². The fraction of sp³-hybridized carbons (Fsp3) is 0.300. The van der Waals surface area contributed by atoms with E-state index < -0.39 is 6.04 Å². The predicted molar refractivity (Wildman–Crippen MR) is 67.2 cm³/mol. The minimum absolute atomic E-state index is 0. The van der Waals surface area contributed by atoms with Crippen LogP contribution >= 0.6 is 24.0 Å². The second-order valence-corrected chi connectivity index (χ2v) is 3.50. The average molecular weight is 265 g/mol. The fourth-order valence-electron chi connectivity index (χ4n) is 1.06. The quantitative estimate of drug-likeness (QED) is 0.870. The molecule has 1 amide bonds. The number of methoxy groups -OCH3 is 1. The highest BCUT2D eigenvalue weighted by atomic mass is 35.5. The highest BCUT2D eigenvalue weighted by Crippen LogP contribution is 2.14. The van der Waals surface area contributed by atoms with Crippen molar-refractivity contribution in [1.29, 1.82) is 0 Å². The van der Waals surface area contributed by atoms with E-state index in [-0.39, 0.29) is 24.9 Å². The molecule has 0 saturated heterocycles. The highest BCUT2D eigenvalue weighted by Gasteiger charge is 2.12. The molecule has 0 spiro atoms. The van der Waals surface area contributed by atoms with E-state index in [1.807, 2.05) is 0 Å². The maximum Gasteiger partial charge on any atom is 0.243 e. The van der Waals surface area contributed by atoms with E-state index in [4.69, 9.17) is 22.1 Å². The van der Waals surface area contributed by atoms with Crippen molar-refractivity contribution in [2.75, 3.05) is 19.0 Å². The van der Waals surface area contributed by atoms with Gasteiger partial charge in [-0.15, -0.1) is 12.4 Å². The highest BCUT2D eigenvalue weighted by molar-refractivity contribution is 6.30. The van der Waals surface area contributed by atoms with Gasteiger partial charge in [-0.1, -0.05) is 17.7 Å². The summed E-state index contributed by atoms with van der Waals surface area (Å²) in [6.45, 7) is 0.187. The third kappa shape index (κ3) is 4.81. The SMILES string of the molecule is COCC(N)C(=O)Nc1cccc(Cl)c1.Cl. The van der Waals surface area contributed by atoms with Crippen LogP contribution in [0.2, 0.25) is 5.02 Å². The normalized spacial score (nSPS) is 11.4. The lowest BCUT2D eigenvalue weighted by molar-refractivity contribution is -0.118. The lowest BCUT2D eigenvalue weighted by Gasteiger charge is -2.11. The zero-order chi connectivity index (χ0) is 11.3. The standard InChI is InChI=1S/C10H13ClN2O2.ClH/c1-15-6-9(12)10(14)13-8-4-2-3-7(11)5-8;/h2-5,9H,6,12H2,1H3,(H,13,14);1H. The van der Waals surface area contributed by atoms with Crippen LogP contribution in [0.1, 0.15) is 0 Å². The summed E-state index contributed by atoms with van der Waals surface area (Å²) in [5.74, 6) is -0.292. The van der Waals surface area contributed by atoms with Crippen LogP contribution < -0.4 is 11.1 Å². The number of halogens is 2. The Morgan fingerprint density at radius 2 is 2.31 bits per heavy atom. The molecule has 0 fully saturated rings. The van der Waals surface area contributed by atoms with Gasteiger partial charge in [-0.05, 0) is 18.2 Å². The largest absolute Gasteiger partial charge is 0.383 e. The van der Waals surface area contributed by atoms with Crippen molar-refractivity contribution in [2.45, 2.75) is 6.04 Å². The number of anilines is 1. The first-order valence-corrected chi connectivity index (χ1v) is 4.82. The van der Waals surface area contributed by atoms with Crippen LogP contribution in [-0.4, -0.2) is 25.7 Å². The molecule has 16 heavy (non-hydrogen) atoms. The van der Waals surface area contributed by atoms with Gasteiger partial charge in [0.1, 0.15) is 6.04 Å². The molecule has 0 aliphatic heterocycles. The van der Waals surface area contributed by atoms with Gasteiger partial charge in [-0.2, -0.15) is 0 Å². The van der Waals surface area contributed by atoms with Gasteiger partial charge < -0.3 is 15.8 Å². The first-order chi connectivity index (χ1) is 7.13. The summed E-state index contributed by atoms with van der Waals surface area (Å²) < 4.78 is 4.77. The number of nitrogens with one attached hydrogen (secondary N) is 1. The van der Waals surface area contributed by atoms with Crippen molar-refractivity contribution in [1.82, 2.24) is 0 Å². The van der Waals surface area contributed by atoms with Gasteiger partial charge in [0, 0.05) is 17.8 Å². The van der Waals surface area contributed by atoms with Gasteiger partial charge in [-0.3, -0.25) is 4.79 Å². The Morgan fingerprint density at radius 1 is 1.62 bits per heavy atom. The van der Waals surface area contributed by atoms with Crippen LogP contribution in [0.15, 0.2) is 24.3 Å². The van der Waals surface area contributed by atoms with E-state index >= 15 is 0 Å². The van der Waals surface area contributed by atoms with Crippen LogP contribution in [0.3, 0.4) is 0 Å². The molecule has 4 nitrogen and oxygen atoms in total. The number of carbonyl (C=O) groups excluding carboxylic acids is 1. The smallest absolute Gasteiger partial charge is 0.243 e. The second-order valence-electron chi connectivity index (χ2n) is 3.06. The van der Waals surface area contributed by atoms with E-state index in [9.17, 15) is 4.79 Å². The summed E-state index contributed by atoms with van der Waals surface area (Å²) in [6.07, 6.45) is 0. The summed E-state index contributed by atoms with van der Waals surface area (Å²) in [4.78, 5) is 11.5. The van der Waals surface area contributed by atoms with Crippen LogP contribution in [0, 0.1) is 0 Å². The molecule has 0 bridgehead atoms. The van der Waals surface area contributed by atoms with Crippen LogP contribution in [0.5, 0.6) is 0 Å². The Morgan fingerprint density at radius 3 is 2.88 bits per heavy atom. The number of ether oxygens (including phenoxy) is 1. The van der Waals surface area contributed by atoms with Crippen molar-refractivity contribution in [3.05, 3.63) is 29.3 Å². The van der Waals surface area contributed by atoms with Crippen molar-refractivity contribution in [2.24, 2.45) is 5.73 Å². The maximum absolute atomic E-state index is 11.5. The summed E-state index contributed by atoms with van der Waals surface area (Å²) in [7, 11) is 1.49. The molecule has 0 aromatic heterocycles. The van der Waals surface area contributed by atoms with Crippen molar-refractivity contribution >= 4 is 35.6 Å². The number of amides is 1. The number of carbonyl (C=O) groups is 1. The van der Waals surface area contributed by atoms with Crippen LogP contribution in [0.4, 0.5) is 5.69 Å². The summed E-state index contributed by atoms with van der Waals surface area (Å²) in [5.41, 5.74) is 6.17. The molecular weight excluding hydrogens is 251 g/mol. The summed E-state index contributed by atoms with van der Waals surface area (Å²) in [6, 6.07) is 6.20. The second kappa shape index (κ2) is 7.46. The number of nitrogens with two attached hydrogens (primary N) is 1. The molecule has 90 valence electrons. The molecule has 1 rings (SSSR count). The van der Waals surface area contributed by atoms with E-state index in [2.05, 4.69) is 5.32 Å². The zero-order valence-corrected chi connectivity index (χ0v) is 10.3. The number of hydrogen-bond donors (Lipinski definition) is 2. The molecule has 0 radical (unpaired) electrons. The van der Waals surface area contributed by atoms with Gasteiger partial charge in [0.05, 0.1) is 6.61 Å². The van der Waals surface area contributed by atoms with E-state index in [1.54, 1.807) is 24.3 Å². The first-order valence-electron chi connectivity index (χ1n) is 4.44. The molecule has 0 heterocycles. The molecule has 3 N–H and O–H groups in total. The average Bonchev–Trinajstić information content (AvgIpc) is 2.18. The Hall–Kier alpha value is -0.810. The monoisotopic (exact) mass is 264 g/mol. The Bertz CT molecular complexity index is 347. The molecular formula is C10H14Cl2N2O2. The first kappa shape index (κ1) is 15.2. The van der Waals surface area contributed by atoms with E-state index in [0.29, 0.717) is 10.7 Å². The third-order valence-corrected chi connectivity index (χ3v) is 2.01. The lowest BCUT2D eigenvalue weighted by Crippen LogP contribution is -2.39. The number of benzene rings is 1. The van der Waals surface area contributed by atoms with Crippen molar-refractivity contribution in [3.8, 4) is 0 Å². The minimum Gasteiger partial charge on any atom is -0.383 e. The van der Waals surface area contributed by atoms with Gasteiger partial charge >= 0.3 is 0 Å². The molecule has 0 aliphatic rings. The third-order valence-electron chi connectivity index (χ3n) is 1.78. The topological polar surface area (TPSA) is 64.3 Å². The molecule has 1 aromatic carbocycles. The zero-order valence-electron chi connectivity index (χ0n) is 8.77. The summed E-state index contributed by atoms with van der Waals surface area (Å²) >= 11 is 5.76. The molecule has 1 aromatic rings. The van der Waals surface area contributed by atoms with Crippen LogP contribution in [0.25, 0.3) is 0 Å². The predicted octanol–water partition coefficient (Wildman–Crippen LogP) is 1.67. The van der Waals surface area contributed by atoms with Crippen molar-refractivity contribution < 1.29 is 9.53 Å². The molecule has 1 atom stereocenters. The van der Waals surface area contributed by atoms with Gasteiger partial charge in [0.15, 0.2) is 0 Å². The Kier molecular flexibility index (Phi) is 7.08. The van der Waals surface area contributed by atoms with Gasteiger partial charge in [0.2, 0.25) is 5.91 Å². The lowest BCUT2D eigenvalue weighted by atomic mass is 10.2. The van der Waals surface area contributed by atoms with Gasteiger partial charge in [0.25, 0.3) is 0 Å². The maximum atomic E-state index is 11.5. The minimum atomic E-state index is -0.672. The molecule has 0 saturated carbocycles. The van der Waals surface area contributed by atoms with Crippen molar-refractivity contribution in [3.63, 3.8) is 0 Å².